The molecule has 8 nitrogen and oxygen atoms in total. The van der Waals surface area contributed by atoms with Crippen molar-refractivity contribution in [3.05, 3.63) is 57.9 Å². The second-order valence-electron chi connectivity index (χ2n) is 6.91. The fourth-order valence-corrected chi connectivity index (χ4v) is 5.24. The van der Waals surface area contributed by atoms with Crippen LogP contribution in [-0.2, 0) is 0 Å². The number of pyridine rings is 1. The zero-order valence-electron chi connectivity index (χ0n) is 16.2. The van der Waals surface area contributed by atoms with Crippen LogP contribution in [0.25, 0.3) is 0 Å². The maximum Gasteiger partial charge on any atom is 0.315 e. The van der Waals surface area contributed by atoms with Gasteiger partial charge in [-0.3, -0.25) is 20.1 Å². The van der Waals surface area contributed by atoms with Crippen LogP contribution in [0.1, 0.15) is 43.6 Å². The Morgan fingerprint density at radius 1 is 1.38 bits per heavy atom. The number of nitro benzene ring substituents is 1. The Bertz CT molecular complexity index is 953. The summed E-state index contributed by atoms with van der Waals surface area (Å²) in [5.74, 6) is 0.598. The number of hydrogen-bond donors (Lipinski definition) is 1. The molecule has 3 heterocycles. The highest BCUT2D eigenvalue weighted by Crippen LogP contribution is 2.50. The largest absolute Gasteiger partial charge is 0.500 e. The van der Waals surface area contributed by atoms with Gasteiger partial charge in [-0.1, -0.05) is 24.8 Å². The second-order valence-corrected chi connectivity index (χ2v) is 7.90. The normalized spacial score (nSPS) is 23.0. The summed E-state index contributed by atoms with van der Waals surface area (Å²) in [5, 5.41) is 22.8. The SMILES string of the molecule is CCOc1cc([C@@H]2[C@H](c3ccccn3)N=C3SC[C@@H](CC)N32)cc([N+](=O)[O-])c1O. The van der Waals surface area contributed by atoms with Gasteiger partial charge in [0.1, 0.15) is 6.04 Å². The Morgan fingerprint density at radius 3 is 2.86 bits per heavy atom. The van der Waals surface area contributed by atoms with Gasteiger partial charge in [0, 0.05) is 24.1 Å². The molecule has 0 spiro atoms. The molecule has 1 aromatic carbocycles. The summed E-state index contributed by atoms with van der Waals surface area (Å²) in [6.07, 6.45) is 2.67. The van der Waals surface area contributed by atoms with Crippen LogP contribution in [0.2, 0.25) is 0 Å². The van der Waals surface area contributed by atoms with Gasteiger partial charge < -0.3 is 14.7 Å². The molecule has 1 fully saturated rings. The van der Waals surface area contributed by atoms with E-state index in [9.17, 15) is 15.2 Å². The van der Waals surface area contributed by atoms with Gasteiger partial charge >= 0.3 is 5.69 Å². The Balaban J connectivity index is 1.86. The third-order valence-corrected chi connectivity index (χ3v) is 6.37. The summed E-state index contributed by atoms with van der Waals surface area (Å²) < 4.78 is 5.50. The Morgan fingerprint density at radius 2 is 2.21 bits per heavy atom. The number of aromatic hydroxyl groups is 1. The number of amidine groups is 1. The van der Waals surface area contributed by atoms with Crippen LogP contribution in [0, 0.1) is 10.1 Å². The Labute approximate surface area is 172 Å². The summed E-state index contributed by atoms with van der Waals surface area (Å²) in [5.41, 5.74) is 1.14. The average molecular weight is 414 g/mol. The van der Waals surface area contributed by atoms with E-state index in [1.165, 1.54) is 6.07 Å². The molecule has 1 saturated heterocycles. The molecule has 1 N–H and O–H groups in total. The van der Waals surface area contributed by atoms with Crippen molar-refractivity contribution in [2.75, 3.05) is 12.4 Å². The molecule has 1 aromatic heterocycles. The topological polar surface area (TPSA) is 101 Å². The Kier molecular flexibility index (Phi) is 5.31. The molecular weight excluding hydrogens is 392 g/mol. The minimum atomic E-state index is -0.579. The fraction of sp³-hybridized carbons (Fsp3) is 0.400. The number of phenols is 1. The van der Waals surface area contributed by atoms with Crippen LogP contribution in [0.5, 0.6) is 11.5 Å². The van der Waals surface area contributed by atoms with Gasteiger partial charge in [-0.15, -0.1) is 0 Å². The van der Waals surface area contributed by atoms with E-state index in [4.69, 9.17) is 9.73 Å². The highest BCUT2D eigenvalue weighted by molar-refractivity contribution is 8.14. The van der Waals surface area contributed by atoms with Gasteiger partial charge in [-0.05, 0) is 37.1 Å². The van der Waals surface area contributed by atoms with E-state index in [2.05, 4.69) is 16.8 Å². The van der Waals surface area contributed by atoms with Crippen molar-refractivity contribution in [3.8, 4) is 11.5 Å². The molecule has 0 amide bonds. The highest BCUT2D eigenvalue weighted by atomic mass is 32.2. The molecule has 2 aromatic rings. The fourth-order valence-electron chi connectivity index (χ4n) is 3.90. The monoisotopic (exact) mass is 414 g/mol. The molecule has 0 unspecified atom stereocenters. The lowest BCUT2D eigenvalue weighted by Crippen LogP contribution is -2.35. The predicted molar refractivity (Wildman–Crippen MR) is 111 cm³/mol. The van der Waals surface area contributed by atoms with Gasteiger partial charge in [0.25, 0.3) is 0 Å². The highest BCUT2D eigenvalue weighted by Gasteiger charge is 2.46. The summed E-state index contributed by atoms with van der Waals surface area (Å²) in [6.45, 7) is 4.20. The van der Waals surface area contributed by atoms with Crippen molar-refractivity contribution in [3.63, 3.8) is 0 Å². The molecular formula is C20H22N4O4S. The van der Waals surface area contributed by atoms with Gasteiger partial charge in [0.15, 0.2) is 10.9 Å². The van der Waals surface area contributed by atoms with E-state index >= 15 is 0 Å². The van der Waals surface area contributed by atoms with Crippen LogP contribution in [0.15, 0.2) is 41.5 Å². The Hall–Kier alpha value is -2.81. The quantitative estimate of drug-likeness (QED) is 0.561. The molecule has 0 radical (unpaired) electrons. The maximum atomic E-state index is 11.6. The van der Waals surface area contributed by atoms with Crippen molar-refractivity contribution < 1.29 is 14.8 Å². The minimum absolute atomic E-state index is 0.116. The van der Waals surface area contributed by atoms with E-state index in [1.54, 1.807) is 30.9 Å². The van der Waals surface area contributed by atoms with Crippen LogP contribution in [-0.4, -0.2) is 43.5 Å². The lowest BCUT2D eigenvalue weighted by Gasteiger charge is -2.32. The molecule has 3 atom stereocenters. The third-order valence-electron chi connectivity index (χ3n) is 5.24. The van der Waals surface area contributed by atoms with Crippen LogP contribution in [0.3, 0.4) is 0 Å². The van der Waals surface area contributed by atoms with Gasteiger partial charge in [0.2, 0.25) is 5.75 Å². The van der Waals surface area contributed by atoms with E-state index in [0.29, 0.717) is 12.2 Å². The third kappa shape index (κ3) is 3.39. The van der Waals surface area contributed by atoms with Crippen molar-refractivity contribution in [2.24, 2.45) is 4.99 Å². The first-order chi connectivity index (χ1) is 14.0. The minimum Gasteiger partial charge on any atom is -0.500 e. The molecule has 9 heteroatoms. The summed E-state index contributed by atoms with van der Waals surface area (Å²) in [4.78, 5) is 22.7. The summed E-state index contributed by atoms with van der Waals surface area (Å²) in [6, 6.07) is 8.56. The van der Waals surface area contributed by atoms with Crippen LogP contribution < -0.4 is 4.74 Å². The van der Waals surface area contributed by atoms with Gasteiger partial charge in [0.05, 0.1) is 23.3 Å². The smallest absolute Gasteiger partial charge is 0.315 e. The number of hydrogen-bond acceptors (Lipinski definition) is 8. The molecule has 0 bridgehead atoms. The number of thioether (sulfide) groups is 1. The first-order valence-corrected chi connectivity index (χ1v) is 10.6. The van der Waals surface area contributed by atoms with E-state index in [-0.39, 0.29) is 29.6 Å². The van der Waals surface area contributed by atoms with E-state index in [1.807, 2.05) is 18.2 Å². The number of rotatable bonds is 6. The molecule has 2 aliphatic rings. The number of nitro groups is 1. The molecule has 29 heavy (non-hydrogen) atoms. The predicted octanol–water partition coefficient (Wildman–Crippen LogP) is 4.07. The van der Waals surface area contributed by atoms with Crippen molar-refractivity contribution >= 4 is 22.6 Å². The zero-order chi connectivity index (χ0) is 20.5. The lowest BCUT2D eigenvalue weighted by atomic mass is 9.94. The number of aromatic nitrogens is 1. The number of ether oxygens (including phenoxy) is 1. The first-order valence-electron chi connectivity index (χ1n) is 9.59. The summed E-state index contributed by atoms with van der Waals surface area (Å²) >= 11 is 1.70. The van der Waals surface area contributed by atoms with Crippen molar-refractivity contribution in [2.45, 2.75) is 38.4 Å². The molecule has 4 rings (SSSR count). The number of nitrogens with zero attached hydrogens (tertiary/aromatic N) is 4. The average Bonchev–Trinajstić information content (AvgIpc) is 3.29. The molecule has 2 aliphatic heterocycles. The zero-order valence-corrected chi connectivity index (χ0v) is 17.0. The van der Waals surface area contributed by atoms with Crippen molar-refractivity contribution in [1.82, 2.24) is 9.88 Å². The number of benzene rings is 1. The van der Waals surface area contributed by atoms with Gasteiger partial charge in [-0.2, -0.15) is 0 Å². The van der Waals surface area contributed by atoms with E-state index in [0.717, 1.165) is 23.0 Å². The first kappa shape index (κ1) is 19.5. The van der Waals surface area contributed by atoms with Gasteiger partial charge in [-0.25, -0.2) is 0 Å². The second kappa shape index (κ2) is 7.90. The van der Waals surface area contributed by atoms with E-state index < -0.39 is 10.7 Å². The van der Waals surface area contributed by atoms with Crippen LogP contribution in [0.4, 0.5) is 5.69 Å². The van der Waals surface area contributed by atoms with Crippen molar-refractivity contribution in [1.29, 1.82) is 0 Å². The standard InChI is InChI=1S/C20H22N4O4S/c1-3-13-11-29-20-22-17(14-7-5-6-8-21-14)18(23(13)20)12-9-15(24(26)27)19(25)16(10-12)28-4-2/h5-10,13,17-18,25H,3-4,11H2,1-2H3/t13-,17+,18-/m1/s1. The molecule has 152 valence electrons. The van der Waals surface area contributed by atoms with Crippen LogP contribution >= 0.6 is 11.8 Å². The molecule has 0 aliphatic carbocycles. The number of fused-ring (bicyclic) bond motifs is 1. The number of aliphatic imine (C=N–C) groups is 1. The number of phenolic OH excluding ortho intramolecular Hbond substituents is 1. The summed E-state index contributed by atoms with van der Waals surface area (Å²) in [7, 11) is 0. The maximum absolute atomic E-state index is 11.6. The lowest BCUT2D eigenvalue weighted by molar-refractivity contribution is -0.386. The molecule has 0 saturated carbocycles.